The molecule has 2 N–H and O–H groups in total. The van der Waals surface area contributed by atoms with Gasteiger partial charge < -0.3 is 15.5 Å². The molecule has 120 valence electrons. The van der Waals surface area contributed by atoms with Gasteiger partial charge in [-0.2, -0.15) is 0 Å². The molecule has 1 aromatic carbocycles. The molecule has 22 heavy (non-hydrogen) atoms. The van der Waals surface area contributed by atoms with Crippen molar-refractivity contribution in [3.8, 4) is 0 Å². The predicted molar refractivity (Wildman–Crippen MR) is 87.4 cm³/mol. The summed E-state index contributed by atoms with van der Waals surface area (Å²) in [6.45, 7) is 5.73. The van der Waals surface area contributed by atoms with Gasteiger partial charge in [0, 0.05) is 25.7 Å². The van der Waals surface area contributed by atoms with Crippen molar-refractivity contribution in [1.82, 2.24) is 15.5 Å². The maximum atomic E-state index is 12.4. The number of nitrogens with zero attached hydrogens (tertiary/aromatic N) is 1. The van der Waals surface area contributed by atoms with Crippen LogP contribution in [0.3, 0.4) is 0 Å². The fourth-order valence-electron chi connectivity index (χ4n) is 2.42. The number of benzene rings is 1. The third-order valence-electron chi connectivity index (χ3n) is 3.59. The van der Waals surface area contributed by atoms with Gasteiger partial charge in [-0.1, -0.05) is 29.3 Å². The summed E-state index contributed by atoms with van der Waals surface area (Å²) in [6.07, 6.45) is 0. The van der Waals surface area contributed by atoms with E-state index in [1.165, 1.54) is 0 Å². The van der Waals surface area contributed by atoms with Crippen LogP contribution in [0.25, 0.3) is 0 Å². The summed E-state index contributed by atoms with van der Waals surface area (Å²) in [4.78, 5) is 26.4. The second-order valence-corrected chi connectivity index (χ2v) is 6.22. The molecule has 0 radical (unpaired) electrons. The number of carbonyl (C=O) groups excluding carboxylic acids is 2. The first-order chi connectivity index (χ1) is 10.4. The second kappa shape index (κ2) is 7.31. The number of halogens is 2. The van der Waals surface area contributed by atoms with Gasteiger partial charge in [0.2, 0.25) is 5.91 Å². The highest BCUT2D eigenvalue weighted by Gasteiger charge is 2.26. The van der Waals surface area contributed by atoms with E-state index in [4.69, 9.17) is 23.2 Å². The van der Waals surface area contributed by atoms with Gasteiger partial charge in [0.25, 0.3) is 5.91 Å². The molecule has 1 aliphatic heterocycles. The van der Waals surface area contributed by atoms with Crippen molar-refractivity contribution in [3.05, 3.63) is 33.8 Å². The van der Waals surface area contributed by atoms with E-state index in [1.54, 1.807) is 30.0 Å². The SMILES string of the molecule is CC1CN(C(=O)C(C)NC(=O)c2cccc(Cl)c2Cl)CCN1. The Hall–Kier alpha value is -1.30. The van der Waals surface area contributed by atoms with E-state index in [1.807, 2.05) is 6.92 Å². The predicted octanol–water partition coefficient (Wildman–Crippen LogP) is 1.93. The first-order valence-electron chi connectivity index (χ1n) is 7.17. The summed E-state index contributed by atoms with van der Waals surface area (Å²) in [5.41, 5.74) is 0.266. The Morgan fingerprint density at radius 2 is 2.14 bits per heavy atom. The molecule has 0 aliphatic carbocycles. The van der Waals surface area contributed by atoms with Gasteiger partial charge in [0.15, 0.2) is 0 Å². The van der Waals surface area contributed by atoms with Crippen LogP contribution in [-0.4, -0.2) is 48.4 Å². The monoisotopic (exact) mass is 343 g/mol. The quantitative estimate of drug-likeness (QED) is 0.881. The lowest BCUT2D eigenvalue weighted by molar-refractivity contribution is -0.133. The van der Waals surface area contributed by atoms with Crippen LogP contribution >= 0.6 is 23.2 Å². The van der Waals surface area contributed by atoms with Crippen LogP contribution in [0.2, 0.25) is 10.0 Å². The summed E-state index contributed by atoms with van der Waals surface area (Å²) in [7, 11) is 0. The van der Waals surface area contributed by atoms with E-state index in [2.05, 4.69) is 10.6 Å². The van der Waals surface area contributed by atoms with Crippen LogP contribution in [-0.2, 0) is 4.79 Å². The van der Waals surface area contributed by atoms with Gasteiger partial charge in [0.1, 0.15) is 6.04 Å². The van der Waals surface area contributed by atoms with Crippen LogP contribution in [0.5, 0.6) is 0 Å². The summed E-state index contributed by atoms with van der Waals surface area (Å²) in [5, 5.41) is 6.46. The molecular formula is C15H19Cl2N3O2. The maximum Gasteiger partial charge on any atom is 0.253 e. The third-order valence-corrected chi connectivity index (χ3v) is 4.41. The first-order valence-corrected chi connectivity index (χ1v) is 7.92. The summed E-state index contributed by atoms with van der Waals surface area (Å²) >= 11 is 11.9. The Labute approximate surface area is 139 Å². The molecule has 0 aromatic heterocycles. The maximum absolute atomic E-state index is 12.4. The highest BCUT2D eigenvalue weighted by molar-refractivity contribution is 6.43. The van der Waals surface area contributed by atoms with Crippen molar-refractivity contribution >= 4 is 35.0 Å². The van der Waals surface area contributed by atoms with E-state index < -0.39 is 11.9 Å². The Morgan fingerprint density at radius 3 is 2.82 bits per heavy atom. The molecular weight excluding hydrogens is 325 g/mol. The minimum atomic E-state index is -0.618. The van der Waals surface area contributed by atoms with Gasteiger partial charge in [-0.3, -0.25) is 9.59 Å². The molecule has 5 nitrogen and oxygen atoms in total. The molecule has 1 aromatic rings. The van der Waals surface area contributed by atoms with Crippen molar-refractivity contribution in [2.24, 2.45) is 0 Å². The van der Waals surface area contributed by atoms with Gasteiger partial charge in [-0.15, -0.1) is 0 Å². The number of hydrogen-bond donors (Lipinski definition) is 2. The van der Waals surface area contributed by atoms with Crippen molar-refractivity contribution in [1.29, 1.82) is 0 Å². The molecule has 2 rings (SSSR count). The van der Waals surface area contributed by atoms with E-state index in [0.717, 1.165) is 6.54 Å². The van der Waals surface area contributed by atoms with Crippen LogP contribution in [0, 0.1) is 0 Å². The standard InChI is InChI=1S/C15H19Cl2N3O2/c1-9-8-20(7-6-18-9)15(22)10(2)19-14(21)11-4-3-5-12(16)13(11)17/h3-5,9-10,18H,6-8H2,1-2H3,(H,19,21). The fourth-order valence-corrected chi connectivity index (χ4v) is 2.81. The number of nitrogens with one attached hydrogen (secondary N) is 2. The lowest BCUT2D eigenvalue weighted by Gasteiger charge is -2.33. The normalized spacial score (nSPS) is 19.6. The lowest BCUT2D eigenvalue weighted by atomic mass is 10.1. The molecule has 7 heteroatoms. The van der Waals surface area contributed by atoms with Crippen LogP contribution in [0.15, 0.2) is 18.2 Å². The van der Waals surface area contributed by atoms with Gasteiger partial charge in [-0.05, 0) is 26.0 Å². The minimum Gasteiger partial charge on any atom is -0.340 e. The zero-order valence-corrected chi connectivity index (χ0v) is 14.0. The molecule has 1 saturated heterocycles. The van der Waals surface area contributed by atoms with Gasteiger partial charge >= 0.3 is 0 Å². The fraction of sp³-hybridized carbons (Fsp3) is 0.467. The minimum absolute atomic E-state index is 0.0974. The average molecular weight is 344 g/mol. The molecule has 0 saturated carbocycles. The number of hydrogen-bond acceptors (Lipinski definition) is 3. The zero-order chi connectivity index (χ0) is 16.3. The Bertz CT molecular complexity index is 580. The van der Waals surface area contributed by atoms with Crippen LogP contribution in [0.4, 0.5) is 0 Å². The van der Waals surface area contributed by atoms with Crippen LogP contribution < -0.4 is 10.6 Å². The van der Waals surface area contributed by atoms with E-state index in [9.17, 15) is 9.59 Å². The molecule has 2 atom stereocenters. The summed E-state index contributed by atoms with van der Waals surface area (Å²) < 4.78 is 0. The number of piperazine rings is 1. The number of carbonyl (C=O) groups is 2. The average Bonchev–Trinajstić information content (AvgIpc) is 2.49. The number of rotatable bonds is 3. The van der Waals surface area contributed by atoms with Gasteiger partial charge in [0.05, 0.1) is 15.6 Å². The molecule has 1 fully saturated rings. The highest BCUT2D eigenvalue weighted by Crippen LogP contribution is 2.25. The summed E-state index contributed by atoms with van der Waals surface area (Å²) in [5.74, 6) is -0.503. The summed E-state index contributed by atoms with van der Waals surface area (Å²) in [6, 6.07) is 4.47. The van der Waals surface area contributed by atoms with Crippen LogP contribution in [0.1, 0.15) is 24.2 Å². The highest BCUT2D eigenvalue weighted by atomic mass is 35.5. The molecule has 0 bridgehead atoms. The van der Waals surface area contributed by atoms with Gasteiger partial charge in [-0.25, -0.2) is 0 Å². The largest absolute Gasteiger partial charge is 0.340 e. The Balaban J connectivity index is 2.01. The van der Waals surface area contributed by atoms with E-state index >= 15 is 0 Å². The second-order valence-electron chi connectivity index (χ2n) is 5.44. The van der Waals surface area contributed by atoms with E-state index in [-0.39, 0.29) is 22.5 Å². The van der Waals surface area contributed by atoms with Crippen molar-refractivity contribution in [3.63, 3.8) is 0 Å². The molecule has 2 amide bonds. The Kier molecular flexibility index (Phi) is 5.67. The van der Waals surface area contributed by atoms with Crippen molar-refractivity contribution in [2.75, 3.05) is 19.6 Å². The van der Waals surface area contributed by atoms with E-state index in [0.29, 0.717) is 18.1 Å². The topological polar surface area (TPSA) is 61.4 Å². The van der Waals surface area contributed by atoms with Crippen molar-refractivity contribution < 1.29 is 9.59 Å². The lowest BCUT2D eigenvalue weighted by Crippen LogP contribution is -2.56. The first kappa shape index (κ1) is 17.1. The van der Waals surface area contributed by atoms with Crippen molar-refractivity contribution in [2.45, 2.75) is 25.9 Å². The third kappa shape index (κ3) is 3.91. The molecule has 1 heterocycles. The smallest absolute Gasteiger partial charge is 0.253 e. The zero-order valence-electron chi connectivity index (χ0n) is 12.5. The molecule has 1 aliphatic rings. The Morgan fingerprint density at radius 1 is 1.41 bits per heavy atom. The molecule has 0 spiro atoms. The molecule has 2 unspecified atom stereocenters. The number of amides is 2.